The predicted octanol–water partition coefficient (Wildman–Crippen LogP) is 1.93. The summed E-state index contributed by atoms with van der Waals surface area (Å²) in [5, 5.41) is 2.68. The minimum Gasteiger partial charge on any atom is -0.497 e. The van der Waals surface area contributed by atoms with Crippen LogP contribution in [0, 0.1) is 0 Å². The molecule has 0 unspecified atom stereocenters. The minimum atomic E-state index is -3.57. The molecule has 0 saturated carbocycles. The summed E-state index contributed by atoms with van der Waals surface area (Å²) < 4.78 is 35.4. The molecule has 1 atom stereocenters. The van der Waals surface area contributed by atoms with E-state index in [1.807, 2.05) is 12.1 Å². The first-order valence-electron chi connectivity index (χ1n) is 8.38. The fourth-order valence-electron chi connectivity index (χ4n) is 2.30. The van der Waals surface area contributed by atoms with Crippen molar-refractivity contribution in [2.45, 2.75) is 19.6 Å². The topological polar surface area (TPSA) is 111 Å². The van der Waals surface area contributed by atoms with Gasteiger partial charge in [-0.2, -0.15) is 0 Å². The van der Waals surface area contributed by atoms with Gasteiger partial charge in [-0.1, -0.05) is 24.3 Å². The fraction of sp³-hybridized carbons (Fsp3) is 0.263. The Morgan fingerprint density at radius 2 is 1.71 bits per heavy atom. The van der Waals surface area contributed by atoms with Crippen LogP contribution >= 0.6 is 0 Å². The number of carbonyl (C=O) groups is 2. The van der Waals surface area contributed by atoms with E-state index in [0.717, 1.165) is 11.8 Å². The number of rotatable bonds is 8. The smallest absolute Gasteiger partial charge is 0.341 e. The van der Waals surface area contributed by atoms with Crippen molar-refractivity contribution in [3.63, 3.8) is 0 Å². The first-order valence-corrected chi connectivity index (χ1v) is 10.3. The van der Waals surface area contributed by atoms with Gasteiger partial charge in [-0.3, -0.25) is 9.52 Å². The number of esters is 1. The van der Waals surface area contributed by atoms with E-state index in [9.17, 15) is 18.0 Å². The third-order valence-electron chi connectivity index (χ3n) is 3.72. The van der Waals surface area contributed by atoms with Gasteiger partial charge in [0.25, 0.3) is 5.91 Å². The van der Waals surface area contributed by atoms with Crippen molar-refractivity contribution >= 4 is 27.6 Å². The normalized spacial score (nSPS) is 12.0. The standard InChI is InChI=1S/C19H22N2O6S/c1-13(18(22)20-12-14-8-10-15(26-2)11-9-14)27-19(23)16-6-4-5-7-17(16)21-28(3,24)25/h4-11,13,21H,12H2,1-3H3,(H,20,22)/t13-/m0/s1. The summed E-state index contributed by atoms with van der Waals surface area (Å²) in [6.45, 7) is 1.70. The molecule has 2 aromatic rings. The lowest BCUT2D eigenvalue weighted by atomic mass is 10.2. The molecule has 9 heteroatoms. The molecular formula is C19H22N2O6S. The van der Waals surface area contributed by atoms with Crippen molar-refractivity contribution in [1.82, 2.24) is 5.32 Å². The molecule has 0 spiro atoms. The number of hydrogen-bond acceptors (Lipinski definition) is 6. The molecule has 0 radical (unpaired) electrons. The molecule has 2 rings (SSSR count). The monoisotopic (exact) mass is 406 g/mol. The largest absolute Gasteiger partial charge is 0.497 e. The van der Waals surface area contributed by atoms with Crippen LogP contribution < -0.4 is 14.8 Å². The summed E-state index contributed by atoms with van der Waals surface area (Å²) in [5.41, 5.74) is 0.957. The van der Waals surface area contributed by atoms with Crippen LogP contribution in [0.15, 0.2) is 48.5 Å². The van der Waals surface area contributed by atoms with Crippen LogP contribution in [0.3, 0.4) is 0 Å². The van der Waals surface area contributed by atoms with Crippen molar-refractivity contribution in [2.75, 3.05) is 18.1 Å². The number of carbonyl (C=O) groups excluding carboxylic acids is 2. The van der Waals surface area contributed by atoms with Gasteiger partial charge in [0.15, 0.2) is 6.10 Å². The van der Waals surface area contributed by atoms with Crippen LogP contribution in [-0.2, 0) is 26.1 Å². The molecule has 0 bridgehead atoms. The molecule has 2 N–H and O–H groups in total. The van der Waals surface area contributed by atoms with Crippen molar-refractivity contribution in [2.24, 2.45) is 0 Å². The number of ether oxygens (including phenoxy) is 2. The Labute approximate surface area is 163 Å². The molecule has 0 saturated heterocycles. The molecular weight excluding hydrogens is 384 g/mol. The number of para-hydroxylation sites is 1. The highest BCUT2D eigenvalue weighted by atomic mass is 32.2. The van der Waals surface area contributed by atoms with Gasteiger partial charge in [0.2, 0.25) is 10.0 Å². The molecule has 1 amide bonds. The Kier molecular flexibility index (Phi) is 7.00. The highest BCUT2D eigenvalue weighted by Crippen LogP contribution is 2.18. The van der Waals surface area contributed by atoms with E-state index in [1.165, 1.54) is 19.1 Å². The SMILES string of the molecule is COc1ccc(CNC(=O)[C@H](C)OC(=O)c2ccccc2NS(C)(=O)=O)cc1. The molecule has 0 aromatic heterocycles. The molecule has 28 heavy (non-hydrogen) atoms. The number of amides is 1. The summed E-state index contributed by atoms with van der Waals surface area (Å²) in [6, 6.07) is 13.2. The fourth-order valence-corrected chi connectivity index (χ4v) is 2.88. The van der Waals surface area contributed by atoms with Crippen LogP contribution in [-0.4, -0.2) is 39.8 Å². The molecule has 0 aliphatic carbocycles. The summed E-state index contributed by atoms with van der Waals surface area (Å²) in [5.74, 6) is -0.574. The lowest BCUT2D eigenvalue weighted by Gasteiger charge is -2.15. The quantitative estimate of drug-likeness (QED) is 0.648. The van der Waals surface area contributed by atoms with Gasteiger partial charge in [0.05, 0.1) is 24.6 Å². The van der Waals surface area contributed by atoms with Gasteiger partial charge in [0, 0.05) is 6.54 Å². The molecule has 8 nitrogen and oxygen atoms in total. The van der Waals surface area contributed by atoms with E-state index < -0.39 is 28.0 Å². The van der Waals surface area contributed by atoms with Gasteiger partial charge in [-0.25, -0.2) is 13.2 Å². The van der Waals surface area contributed by atoms with Crippen LogP contribution in [0.5, 0.6) is 5.75 Å². The van der Waals surface area contributed by atoms with E-state index in [1.54, 1.807) is 31.4 Å². The van der Waals surface area contributed by atoms with E-state index in [2.05, 4.69) is 10.0 Å². The number of anilines is 1. The Hall–Kier alpha value is -3.07. The van der Waals surface area contributed by atoms with E-state index in [0.29, 0.717) is 5.75 Å². The van der Waals surface area contributed by atoms with E-state index in [-0.39, 0.29) is 17.8 Å². The van der Waals surface area contributed by atoms with Crippen LogP contribution in [0.25, 0.3) is 0 Å². The highest BCUT2D eigenvalue weighted by Gasteiger charge is 2.21. The third kappa shape index (κ3) is 6.27. The van der Waals surface area contributed by atoms with Gasteiger partial charge in [0.1, 0.15) is 5.75 Å². The zero-order valence-corrected chi connectivity index (χ0v) is 16.6. The Morgan fingerprint density at radius 1 is 1.07 bits per heavy atom. The van der Waals surface area contributed by atoms with E-state index >= 15 is 0 Å². The Bertz CT molecular complexity index is 941. The van der Waals surface area contributed by atoms with Crippen molar-refractivity contribution in [3.05, 3.63) is 59.7 Å². The Morgan fingerprint density at radius 3 is 2.32 bits per heavy atom. The van der Waals surface area contributed by atoms with E-state index in [4.69, 9.17) is 9.47 Å². The average molecular weight is 406 g/mol. The zero-order chi connectivity index (χ0) is 20.7. The Balaban J connectivity index is 1.97. The number of nitrogens with one attached hydrogen (secondary N) is 2. The number of sulfonamides is 1. The minimum absolute atomic E-state index is 0.0164. The van der Waals surface area contributed by atoms with Gasteiger partial charge >= 0.3 is 5.97 Å². The molecule has 150 valence electrons. The summed E-state index contributed by atoms with van der Waals surface area (Å²) in [6.07, 6.45) is -0.0818. The number of hydrogen-bond donors (Lipinski definition) is 2. The lowest BCUT2D eigenvalue weighted by molar-refractivity contribution is -0.129. The number of benzene rings is 2. The third-order valence-corrected chi connectivity index (χ3v) is 4.31. The number of methoxy groups -OCH3 is 1. The maximum Gasteiger partial charge on any atom is 0.341 e. The molecule has 0 aliphatic heterocycles. The van der Waals surface area contributed by atoms with Crippen LogP contribution in [0.1, 0.15) is 22.8 Å². The maximum atomic E-state index is 12.4. The second-order valence-corrected chi connectivity index (χ2v) is 7.78. The second-order valence-electron chi connectivity index (χ2n) is 6.03. The average Bonchev–Trinajstić information content (AvgIpc) is 2.65. The molecule has 0 heterocycles. The van der Waals surface area contributed by atoms with Crippen LogP contribution in [0.2, 0.25) is 0 Å². The summed E-state index contributed by atoms with van der Waals surface area (Å²) >= 11 is 0. The highest BCUT2D eigenvalue weighted by molar-refractivity contribution is 7.92. The summed E-state index contributed by atoms with van der Waals surface area (Å²) in [7, 11) is -2.00. The van der Waals surface area contributed by atoms with Gasteiger partial charge in [-0.05, 0) is 36.8 Å². The van der Waals surface area contributed by atoms with Crippen molar-refractivity contribution in [3.8, 4) is 5.75 Å². The lowest BCUT2D eigenvalue weighted by Crippen LogP contribution is -2.35. The van der Waals surface area contributed by atoms with Gasteiger partial charge in [-0.15, -0.1) is 0 Å². The van der Waals surface area contributed by atoms with Crippen molar-refractivity contribution < 1.29 is 27.5 Å². The first kappa shape index (κ1) is 21.2. The maximum absolute atomic E-state index is 12.4. The zero-order valence-electron chi connectivity index (χ0n) is 15.8. The molecule has 2 aromatic carbocycles. The second kappa shape index (κ2) is 9.23. The summed E-state index contributed by atoms with van der Waals surface area (Å²) in [4.78, 5) is 24.6. The molecule has 0 fully saturated rings. The predicted molar refractivity (Wildman–Crippen MR) is 105 cm³/mol. The van der Waals surface area contributed by atoms with Crippen molar-refractivity contribution in [1.29, 1.82) is 0 Å². The van der Waals surface area contributed by atoms with Crippen LogP contribution in [0.4, 0.5) is 5.69 Å². The first-order chi connectivity index (χ1) is 13.2. The van der Waals surface area contributed by atoms with Gasteiger partial charge < -0.3 is 14.8 Å². The molecule has 0 aliphatic rings.